The number of para-hydroxylation sites is 1. The van der Waals surface area contributed by atoms with Crippen molar-refractivity contribution in [3.63, 3.8) is 0 Å². The number of aromatic nitrogens is 4. The van der Waals surface area contributed by atoms with Gasteiger partial charge in [-0.1, -0.05) is 18.2 Å². The van der Waals surface area contributed by atoms with Crippen LogP contribution in [-0.4, -0.2) is 26.1 Å². The number of nitrogens with one attached hydrogen (secondary N) is 1. The predicted molar refractivity (Wildman–Crippen MR) is 79.3 cm³/mol. The lowest BCUT2D eigenvalue weighted by Crippen LogP contribution is -2.17. The Labute approximate surface area is 118 Å². The van der Waals surface area contributed by atoms with Gasteiger partial charge in [-0.25, -0.2) is 0 Å². The molecule has 0 radical (unpaired) electrons. The standard InChI is InChI=1S/C15H19N5/c1-19-15-7-3-2-6-13(15)14(18-19)12-16-8-4-10-20-11-5-9-17-20/h2-3,5-7,9,11,16H,4,8,10,12H2,1H3. The molecule has 3 rings (SSSR count). The molecule has 2 heterocycles. The van der Waals surface area contributed by atoms with Gasteiger partial charge in [0, 0.05) is 37.9 Å². The molecule has 0 amide bonds. The molecular weight excluding hydrogens is 250 g/mol. The third-order valence-corrected chi connectivity index (χ3v) is 3.43. The predicted octanol–water partition coefficient (Wildman–Crippen LogP) is 1.95. The van der Waals surface area contributed by atoms with Crippen LogP contribution in [0.5, 0.6) is 0 Å². The Balaban J connectivity index is 1.52. The SMILES string of the molecule is Cn1nc(CNCCCn2cccn2)c2ccccc21. The van der Waals surface area contributed by atoms with E-state index in [0.29, 0.717) is 0 Å². The molecule has 0 aliphatic rings. The summed E-state index contributed by atoms with van der Waals surface area (Å²) >= 11 is 0. The number of fused-ring (bicyclic) bond motifs is 1. The van der Waals surface area contributed by atoms with E-state index in [-0.39, 0.29) is 0 Å². The van der Waals surface area contributed by atoms with E-state index in [4.69, 9.17) is 0 Å². The summed E-state index contributed by atoms with van der Waals surface area (Å²) in [7, 11) is 1.99. The van der Waals surface area contributed by atoms with E-state index in [0.717, 1.165) is 31.7 Å². The van der Waals surface area contributed by atoms with Crippen molar-refractivity contribution < 1.29 is 0 Å². The first-order valence-corrected chi connectivity index (χ1v) is 6.93. The molecule has 104 valence electrons. The smallest absolute Gasteiger partial charge is 0.0841 e. The van der Waals surface area contributed by atoms with E-state index in [2.05, 4.69) is 33.7 Å². The van der Waals surface area contributed by atoms with Gasteiger partial charge in [0.15, 0.2) is 0 Å². The van der Waals surface area contributed by atoms with Gasteiger partial charge in [-0.3, -0.25) is 9.36 Å². The zero-order valence-electron chi connectivity index (χ0n) is 11.7. The fourth-order valence-corrected chi connectivity index (χ4v) is 2.42. The van der Waals surface area contributed by atoms with Crippen LogP contribution >= 0.6 is 0 Å². The minimum atomic E-state index is 0.806. The van der Waals surface area contributed by atoms with E-state index in [1.165, 1.54) is 10.9 Å². The Kier molecular flexibility index (Phi) is 3.78. The molecule has 0 saturated carbocycles. The average Bonchev–Trinajstić information content (AvgIpc) is 3.08. The minimum Gasteiger partial charge on any atom is -0.311 e. The number of hydrogen-bond donors (Lipinski definition) is 1. The average molecular weight is 269 g/mol. The summed E-state index contributed by atoms with van der Waals surface area (Å²) in [5.74, 6) is 0. The number of rotatable bonds is 6. The summed E-state index contributed by atoms with van der Waals surface area (Å²) < 4.78 is 3.90. The molecule has 5 heteroatoms. The quantitative estimate of drug-likeness (QED) is 0.696. The molecule has 1 aromatic carbocycles. The zero-order valence-corrected chi connectivity index (χ0v) is 11.7. The van der Waals surface area contributed by atoms with Crippen LogP contribution in [0.25, 0.3) is 10.9 Å². The van der Waals surface area contributed by atoms with Gasteiger partial charge in [0.25, 0.3) is 0 Å². The van der Waals surface area contributed by atoms with Gasteiger partial charge in [0.2, 0.25) is 0 Å². The first kappa shape index (κ1) is 12.9. The highest BCUT2D eigenvalue weighted by atomic mass is 15.3. The summed E-state index contributed by atoms with van der Waals surface area (Å²) in [4.78, 5) is 0. The molecule has 0 atom stereocenters. The molecule has 0 unspecified atom stereocenters. The molecule has 3 aromatic rings. The van der Waals surface area contributed by atoms with Crippen molar-refractivity contribution in [3.05, 3.63) is 48.4 Å². The molecule has 0 spiro atoms. The van der Waals surface area contributed by atoms with Gasteiger partial charge in [0.05, 0.1) is 11.2 Å². The zero-order chi connectivity index (χ0) is 13.8. The normalized spacial score (nSPS) is 11.2. The first-order chi connectivity index (χ1) is 9.84. The molecule has 5 nitrogen and oxygen atoms in total. The Bertz CT molecular complexity index is 669. The molecule has 0 bridgehead atoms. The van der Waals surface area contributed by atoms with E-state index in [9.17, 15) is 0 Å². The second kappa shape index (κ2) is 5.88. The lowest BCUT2D eigenvalue weighted by molar-refractivity contribution is 0.540. The van der Waals surface area contributed by atoms with E-state index in [1.807, 2.05) is 40.9 Å². The first-order valence-electron chi connectivity index (χ1n) is 6.93. The maximum absolute atomic E-state index is 4.57. The van der Waals surface area contributed by atoms with Gasteiger partial charge < -0.3 is 5.32 Å². The Morgan fingerprint density at radius 3 is 2.95 bits per heavy atom. The fourth-order valence-electron chi connectivity index (χ4n) is 2.42. The van der Waals surface area contributed by atoms with E-state index >= 15 is 0 Å². The van der Waals surface area contributed by atoms with Gasteiger partial charge in [-0.2, -0.15) is 10.2 Å². The second-order valence-electron chi connectivity index (χ2n) is 4.89. The summed E-state index contributed by atoms with van der Waals surface area (Å²) in [6.07, 6.45) is 4.87. The van der Waals surface area contributed by atoms with Crippen LogP contribution in [0.2, 0.25) is 0 Å². The third kappa shape index (κ3) is 2.72. The van der Waals surface area contributed by atoms with E-state index < -0.39 is 0 Å². The van der Waals surface area contributed by atoms with Gasteiger partial charge in [-0.05, 0) is 25.1 Å². The third-order valence-electron chi connectivity index (χ3n) is 3.43. The van der Waals surface area contributed by atoms with Crippen LogP contribution in [0.1, 0.15) is 12.1 Å². The molecular formula is C15H19N5. The van der Waals surface area contributed by atoms with Crippen molar-refractivity contribution in [1.29, 1.82) is 0 Å². The minimum absolute atomic E-state index is 0.806. The van der Waals surface area contributed by atoms with Crippen LogP contribution in [0.15, 0.2) is 42.7 Å². The Morgan fingerprint density at radius 2 is 2.10 bits per heavy atom. The number of hydrogen-bond acceptors (Lipinski definition) is 3. The summed E-state index contributed by atoms with van der Waals surface area (Å²) in [6.45, 7) is 2.72. The molecule has 2 aromatic heterocycles. The van der Waals surface area contributed by atoms with Gasteiger partial charge in [0.1, 0.15) is 0 Å². The highest BCUT2D eigenvalue weighted by molar-refractivity contribution is 5.81. The molecule has 20 heavy (non-hydrogen) atoms. The van der Waals surface area contributed by atoms with Crippen LogP contribution in [0.4, 0.5) is 0 Å². The van der Waals surface area contributed by atoms with Crippen LogP contribution in [0.3, 0.4) is 0 Å². The van der Waals surface area contributed by atoms with Crippen molar-refractivity contribution in [1.82, 2.24) is 24.9 Å². The monoisotopic (exact) mass is 269 g/mol. The van der Waals surface area contributed by atoms with E-state index in [1.54, 1.807) is 0 Å². The van der Waals surface area contributed by atoms with Crippen molar-refractivity contribution in [2.24, 2.45) is 7.05 Å². The van der Waals surface area contributed by atoms with Crippen LogP contribution in [-0.2, 0) is 20.1 Å². The summed E-state index contributed by atoms with van der Waals surface area (Å²) in [5.41, 5.74) is 2.29. The Morgan fingerprint density at radius 1 is 1.20 bits per heavy atom. The van der Waals surface area contributed by atoms with Crippen molar-refractivity contribution in [2.45, 2.75) is 19.5 Å². The summed E-state index contributed by atoms with van der Waals surface area (Å²) in [6, 6.07) is 10.3. The summed E-state index contributed by atoms with van der Waals surface area (Å²) in [5, 5.41) is 13.4. The van der Waals surface area contributed by atoms with Crippen LogP contribution in [0, 0.1) is 0 Å². The topological polar surface area (TPSA) is 47.7 Å². The Hall–Kier alpha value is -2.14. The fraction of sp³-hybridized carbons (Fsp3) is 0.333. The second-order valence-corrected chi connectivity index (χ2v) is 4.89. The van der Waals surface area contributed by atoms with Crippen molar-refractivity contribution >= 4 is 10.9 Å². The molecule has 0 saturated heterocycles. The maximum Gasteiger partial charge on any atom is 0.0841 e. The van der Waals surface area contributed by atoms with Crippen LogP contribution < -0.4 is 5.32 Å². The molecule has 0 aliphatic heterocycles. The largest absolute Gasteiger partial charge is 0.311 e. The number of aryl methyl sites for hydroxylation is 2. The van der Waals surface area contributed by atoms with Crippen molar-refractivity contribution in [2.75, 3.05) is 6.54 Å². The maximum atomic E-state index is 4.57. The van der Waals surface area contributed by atoms with Gasteiger partial charge in [-0.15, -0.1) is 0 Å². The lowest BCUT2D eigenvalue weighted by atomic mass is 10.2. The molecule has 1 N–H and O–H groups in total. The number of nitrogens with zero attached hydrogens (tertiary/aromatic N) is 4. The van der Waals surface area contributed by atoms with Crippen molar-refractivity contribution in [3.8, 4) is 0 Å². The molecule has 0 fully saturated rings. The highest BCUT2D eigenvalue weighted by Gasteiger charge is 2.06. The molecule has 0 aliphatic carbocycles. The van der Waals surface area contributed by atoms with Gasteiger partial charge >= 0.3 is 0 Å². The number of benzene rings is 1. The highest BCUT2D eigenvalue weighted by Crippen LogP contribution is 2.16. The lowest BCUT2D eigenvalue weighted by Gasteiger charge is -2.03.